The van der Waals surface area contributed by atoms with Gasteiger partial charge in [0.1, 0.15) is 11.9 Å². The number of anilines is 2. The minimum atomic E-state index is -3.68. The van der Waals surface area contributed by atoms with Crippen LogP contribution in [0.25, 0.3) is 0 Å². The van der Waals surface area contributed by atoms with Gasteiger partial charge in [-0.25, -0.2) is 13.4 Å². The molecule has 1 heterocycles. The lowest BCUT2D eigenvalue weighted by Gasteiger charge is -2.10. The lowest BCUT2D eigenvalue weighted by molar-refractivity contribution is 0.0955. The van der Waals surface area contributed by atoms with Crippen LogP contribution in [0.5, 0.6) is 0 Å². The summed E-state index contributed by atoms with van der Waals surface area (Å²) >= 11 is 0. The van der Waals surface area contributed by atoms with Gasteiger partial charge in [-0.05, 0) is 48.5 Å². The summed E-state index contributed by atoms with van der Waals surface area (Å²) in [4.78, 5) is 16.5. The standard InChI is InChI=1S/C21H19N5O3S/c22-15-17-5-4-12-23-20(17)24-13-14-25-21(27)16-8-10-18(11-9-16)26-30(28,29)19-6-2-1-3-7-19/h1-12,26H,13-14H2,(H,23,24)(H,25,27). The third kappa shape index (κ3) is 5.33. The second-order valence-electron chi connectivity index (χ2n) is 6.19. The van der Waals surface area contributed by atoms with Crippen molar-refractivity contribution in [3.05, 3.63) is 84.1 Å². The first-order valence-corrected chi connectivity index (χ1v) is 10.5. The van der Waals surface area contributed by atoms with Crippen LogP contribution in [0.4, 0.5) is 11.5 Å². The van der Waals surface area contributed by atoms with Crippen molar-refractivity contribution >= 4 is 27.4 Å². The fourth-order valence-corrected chi connectivity index (χ4v) is 3.68. The van der Waals surface area contributed by atoms with Gasteiger partial charge in [-0.15, -0.1) is 0 Å². The molecule has 3 aromatic rings. The summed E-state index contributed by atoms with van der Waals surface area (Å²) in [7, 11) is -3.68. The highest BCUT2D eigenvalue weighted by atomic mass is 32.2. The van der Waals surface area contributed by atoms with Crippen molar-refractivity contribution in [1.82, 2.24) is 10.3 Å². The molecule has 0 atom stereocenters. The Morgan fingerprint density at radius 1 is 0.967 bits per heavy atom. The molecule has 2 aromatic carbocycles. The van der Waals surface area contributed by atoms with Crippen molar-refractivity contribution in [2.24, 2.45) is 0 Å². The largest absolute Gasteiger partial charge is 0.367 e. The Morgan fingerprint density at radius 2 is 1.70 bits per heavy atom. The van der Waals surface area contributed by atoms with Crippen molar-refractivity contribution in [3.8, 4) is 6.07 Å². The van der Waals surface area contributed by atoms with Crippen LogP contribution in [-0.4, -0.2) is 32.4 Å². The molecule has 0 fully saturated rings. The number of amides is 1. The van der Waals surface area contributed by atoms with Crippen molar-refractivity contribution in [2.75, 3.05) is 23.1 Å². The summed E-state index contributed by atoms with van der Waals surface area (Å²) in [6.07, 6.45) is 1.58. The van der Waals surface area contributed by atoms with E-state index >= 15 is 0 Å². The van der Waals surface area contributed by atoms with Crippen LogP contribution in [0, 0.1) is 11.3 Å². The Hall–Kier alpha value is -3.90. The summed E-state index contributed by atoms with van der Waals surface area (Å²) in [5.74, 6) is 0.167. The van der Waals surface area contributed by atoms with Gasteiger partial charge in [0.05, 0.1) is 10.5 Å². The first kappa shape index (κ1) is 20.8. The predicted molar refractivity (Wildman–Crippen MR) is 113 cm³/mol. The number of rotatable bonds is 8. The molecule has 1 amide bonds. The quantitative estimate of drug-likeness (QED) is 0.480. The fourth-order valence-electron chi connectivity index (χ4n) is 2.60. The summed E-state index contributed by atoms with van der Waals surface area (Å²) in [6.45, 7) is 0.717. The lowest BCUT2D eigenvalue weighted by Crippen LogP contribution is -2.29. The van der Waals surface area contributed by atoms with Crippen LogP contribution in [0.1, 0.15) is 15.9 Å². The lowest BCUT2D eigenvalue weighted by atomic mass is 10.2. The van der Waals surface area contributed by atoms with Crippen LogP contribution in [0.15, 0.2) is 77.8 Å². The number of carbonyl (C=O) groups is 1. The smallest absolute Gasteiger partial charge is 0.261 e. The molecule has 3 N–H and O–H groups in total. The molecular weight excluding hydrogens is 402 g/mol. The molecule has 0 aliphatic rings. The monoisotopic (exact) mass is 421 g/mol. The Kier molecular flexibility index (Phi) is 6.62. The zero-order valence-corrected chi connectivity index (χ0v) is 16.7. The average Bonchev–Trinajstić information content (AvgIpc) is 2.77. The van der Waals surface area contributed by atoms with Crippen LogP contribution in [0.3, 0.4) is 0 Å². The Morgan fingerprint density at radius 3 is 2.40 bits per heavy atom. The van der Waals surface area contributed by atoms with E-state index in [1.807, 2.05) is 6.07 Å². The third-order valence-electron chi connectivity index (χ3n) is 4.08. The van der Waals surface area contributed by atoms with Gasteiger partial charge in [0, 0.05) is 30.5 Å². The summed E-state index contributed by atoms with van der Waals surface area (Å²) in [6, 6.07) is 19.5. The van der Waals surface area contributed by atoms with E-state index in [1.165, 1.54) is 36.4 Å². The molecule has 0 radical (unpaired) electrons. The number of sulfonamides is 1. The summed E-state index contributed by atoms with van der Waals surface area (Å²) in [5.41, 5.74) is 1.18. The maximum Gasteiger partial charge on any atom is 0.261 e. The van der Waals surface area contributed by atoms with Gasteiger partial charge in [-0.3, -0.25) is 9.52 Å². The maximum atomic E-state index is 12.3. The second-order valence-corrected chi connectivity index (χ2v) is 7.87. The van der Waals surface area contributed by atoms with Crippen LogP contribution < -0.4 is 15.4 Å². The van der Waals surface area contributed by atoms with Crippen LogP contribution in [-0.2, 0) is 10.0 Å². The number of benzene rings is 2. The molecule has 3 rings (SSSR count). The highest BCUT2D eigenvalue weighted by Crippen LogP contribution is 2.16. The molecule has 0 unspecified atom stereocenters. The first-order chi connectivity index (χ1) is 14.5. The predicted octanol–water partition coefficient (Wildman–Crippen LogP) is 2.60. The van der Waals surface area contributed by atoms with Crippen LogP contribution in [0.2, 0.25) is 0 Å². The van der Waals surface area contributed by atoms with E-state index in [9.17, 15) is 13.2 Å². The number of hydrogen-bond donors (Lipinski definition) is 3. The number of nitriles is 1. The number of carbonyl (C=O) groups excluding carboxylic acids is 1. The molecule has 0 aliphatic heterocycles. The molecule has 0 aliphatic carbocycles. The fraction of sp³-hybridized carbons (Fsp3) is 0.0952. The topological polar surface area (TPSA) is 124 Å². The third-order valence-corrected chi connectivity index (χ3v) is 5.48. The Labute approximate surface area is 174 Å². The number of nitrogens with zero attached hydrogens (tertiary/aromatic N) is 2. The van der Waals surface area contributed by atoms with E-state index in [4.69, 9.17) is 5.26 Å². The highest BCUT2D eigenvalue weighted by Gasteiger charge is 2.14. The molecule has 0 bridgehead atoms. The van der Waals surface area contributed by atoms with E-state index in [0.717, 1.165) is 0 Å². The number of nitrogens with one attached hydrogen (secondary N) is 3. The van der Waals surface area contributed by atoms with E-state index in [1.54, 1.807) is 36.5 Å². The molecule has 8 nitrogen and oxygen atoms in total. The molecule has 0 spiro atoms. The van der Waals surface area contributed by atoms with Gasteiger partial charge >= 0.3 is 0 Å². The Bertz CT molecular complexity index is 1160. The van der Waals surface area contributed by atoms with Crippen LogP contribution >= 0.6 is 0 Å². The molecule has 0 saturated heterocycles. The molecule has 1 aromatic heterocycles. The van der Waals surface area contributed by atoms with Gasteiger partial charge in [-0.2, -0.15) is 5.26 Å². The second kappa shape index (κ2) is 9.54. The van der Waals surface area contributed by atoms with Gasteiger partial charge < -0.3 is 10.6 Å². The van der Waals surface area contributed by atoms with Crippen molar-refractivity contribution in [2.45, 2.75) is 4.90 Å². The molecular formula is C21H19N5O3S. The number of pyridine rings is 1. The van der Waals surface area contributed by atoms with Gasteiger partial charge in [-0.1, -0.05) is 18.2 Å². The van der Waals surface area contributed by atoms with Crippen molar-refractivity contribution < 1.29 is 13.2 Å². The Balaban J connectivity index is 1.52. The van der Waals surface area contributed by atoms with Gasteiger partial charge in [0.15, 0.2) is 0 Å². The van der Waals surface area contributed by atoms with E-state index in [0.29, 0.717) is 35.7 Å². The summed E-state index contributed by atoms with van der Waals surface area (Å²) in [5, 5.41) is 14.8. The average molecular weight is 421 g/mol. The highest BCUT2D eigenvalue weighted by molar-refractivity contribution is 7.92. The first-order valence-electron chi connectivity index (χ1n) is 9.05. The number of aromatic nitrogens is 1. The summed E-state index contributed by atoms with van der Waals surface area (Å²) < 4.78 is 27.1. The van der Waals surface area contributed by atoms with Crippen molar-refractivity contribution in [3.63, 3.8) is 0 Å². The van der Waals surface area contributed by atoms with Gasteiger partial charge in [0.2, 0.25) is 0 Å². The van der Waals surface area contributed by atoms with Gasteiger partial charge in [0.25, 0.3) is 15.9 Å². The molecule has 152 valence electrons. The molecule has 0 saturated carbocycles. The minimum absolute atomic E-state index is 0.159. The zero-order chi connectivity index (χ0) is 21.4. The minimum Gasteiger partial charge on any atom is -0.367 e. The zero-order valence-electron chi connectivity index (χ0n) is 15.9. The maximum absolute atomic E-state index is 12.3. The number of hydrogen-bond acceptors (Lipinski definition) is 6. The SMILES string of the molecule is N#Cc1cccnc1NCCNC(=O)c1ccc(NS(=O)(=O)c2ccccc2)cc1. The van der Waals surface area contributed by atoms with E-state index in [-0.39, 0.29) is 10.8 Å². The normalized spacial score (nSPS) is 10.6. The molecule has 9 heteroatoms. The van der Waals surface area contributed by atoms with Crippen molar-refractivity contribution in [1.29, 1.82) is 5.26 Å². The molecule has 30 heavy (non-hydrogen) atoms. The van der Waals surface area contributed by atoms with E-state index in [2.05, 4.69) is 20.3 Å². The van der Waals surface area contributed by atoms with E-state index < -0.39 is 10.0 Å².